The van der Waals surface area contributed by atoms with Crippen LogP contribution in [-0.2, 0) is 0 Å². The second-order valence-electron chi connectivity index (χ2n) is 4.28. The summed E-state index contributed by atoms with van der Waals surface area (Å²) in [6, 6.07) is 18.7. The molecule has 2 aromatic carbocycles. The van der Waals surface area contributed by atoms with Crippen molar-refractivity contribution in [3.63, 3.8) is 0 Å². The summed E-state index contributed by atoms with van der Waals surface area (Å²) in [6.45, 7) is 1.12. The molecule has 1 aliphatic rings. The van der Waals surface area contributed by atoms with Gasteiger partial charge in [0.05, 0.1) is 0 Å². The van der Waals surface area contributed by atoms with Crippen LogP contribution in [0.25, 0.3) is 0 Å². The van der Waals surface area contributed by atoms with Crippen LogP contribution >= 0.6 is 0 Å². The molecule has 0 saturated carbocycles. The van der Waals surface area contributed by atoms with E-state index in [1.54, 1.807) is 0 Å². The number of hydrogen-bond donors (Lipinski definition) is 1. The zero-order valence-electron chi connectivity index (χ0n) is 9.60. The minimum Gasteiger partial charge on any atom is -0.457 e. The van der Waals surface area contributed by atoms with Gasteiger partial charge in [-0.25, -0.2) is 0 Å². The van der Waals surface area contributed by atoms with Crippen LogP contribution in [0.5, 0.6) is 11.5 Å². The molecule has 1 N–H and O–H groups in total. The van der Waals surface area contributed by atoms with Crippen LogP contribution < -0.4 is 10.1 Å². The number of hydrogen-bond acceptors (Lipinski definition) is 2. The van der Waals surface area contributed by atoms with Crippen LogP contribution in [0.15, 0.2) is 54.6 Å². The summed E-state index contributed by atoms with van der Waals surface area (Å²) in [5.41, 5.74) is 1.31. The van der Waals surface area contributed by atoms with Gasteiger partial charge in [0, 0.05) is 6.04 Å². The van der Waals surface area contributed by atoms with Gasteiger partial charge < -0.3 is 10.1 Å². The summed E-state index contributed by atoms with van der Waals surface area (Å²) in [4.78, 5) is 0. The molecule has 0 bridgehead atoms. The number of rotatable bonds is 3. The van der Waals surface area contributed by atoms with Gasteiger partial charge in [-0.3, -0.25) is 0 Å². The molecule has 2 heteroatoms. The average Bonchev–Trinajstić information content (AvgIpc) is 2.28. The molecule has 0 aliphatic carbocycles. The van der Waals surface area contributed by atoms with Gasteiger partial charge in [-0.15, -0.1) is 0 Å². The van der Waals surface area contributed by atoms with Crippen molar-refractivity contribution in [1.82, 2.24) is 5.32 Å². The van der Waals surface area contributed by atoms with Crippen LogP contribution in [0.3, 0.4) is 0 Å². The van der Waals surface area contributed by atoms with Gasteiger partial charge in [-0.1, -0.05) is 30.3 Å². The predicted octanol–water partition coefficient (Wildman–Crippen LogP) is 3.51. The third kappa shape index (κ3) is 2.32. The maximum atomic E-state index is 5.81. The minimum absolute atomic E-state index is 0.509. The molecule has 0 unspecified atom stereocenters. The summed E-state index contributed by atoms with van der Waals surface area (Å²) in [5.74, 6) is 1.79. The topological polar surface area (TPSA) is 21.3 Å². The van der Waals surface area contributed by atoms with E-state index >= 15 is 0 Å². The van der Waals surface area contributed by atoms with Crippen molar-refractivity contribution in [2.24, 2.45) is 0 Å². The molecule has 0 aromatic heterocycles. The van der Waals surface area contributed by atoms with Gasteiger partial charge in [0.1, 0.15) is 11.5 Å². The maximum absolute atomic E-state index is 5.81. The number of ether oxygens (including phenoxy) is 1. The molecule has 0 radical (unpaired) electrons. The highest BCUT2D eigenvalue weighted by atomic mass is 16.5. The normalized spacial score (nSPS) is 18.5. The Labute approximate surface area is 101 Å². The molecule has 86 valence electrons. The highest BCUT2D eigenvalue weighted by Gasteiger charge is 2.18. The molecule has 2 nitrogen and oxygen atoms in total. The lowest BCUT2D eigenvalue weighted by atomic mass is 9.98. The Balaban J connectivity index is 1.79. The molecule has 1 saturated heterocycles. The van der Waals surface area contributed by atoms with E-state index in [1.165, 1.54) is 12.0 Å². The van der Waals surface area contributed by atoms with Crippen molar-refractivity contribution in [2.75, 3.05) is 6.54 Å². The molecule has 1 aliphatic heterocycles. The summed E-state index contributed by atoms with van der Waals surface area (Å²) in [7, 11) is 0. The second-order valence-corrected chi connectivity index (χ2v) is 4.28. The van der Waals surface area contributed by atoms with Crippen LogP contribution in [0.4, 0.5) is 0 Å². The zero-order valence-corrected chi connectivity index (χ0v) is 9.60. The van der Waals surface area contributed by atoms with E-state index in [4.69, 9.17) is 4.74 Å². The highest BCUT2D eigenvalue weighted by Crippen LogP contribution is 2.28. The fourth-order valence-electron chi connectivity index (χ4n) is 1.99. The van der Waals surface area contributed by atoms with Crippen molar-refractivity contribution in [1.29, 1.82) is 0 Å². The smallest absolute Gasteiger partial charge is 0.127 e. The Bertz CT molecular complexity index is 491. The molecule has 2 aromatic rings. The van der Waals surface area contributed by atoms with Gasteiger partial charge >= 0.3 is 0 Å². The quantitative estimate of drug-likeness (QED) is 0.863. The van der Waals surface area contributed by atoms with Gasteiger partial charge in [0.25, 0.3) is 0 Å². The second kappa shape index (κ2) is 4.60. The maximum Gasteiger partial charge on any atom is 0.127 e. The van der Waals surface area contributed by atoms with E-state index in [-0.39, 0.29) is 0 Å². The first-order valence-corrected chi connectivity index (χ1v) is 5.98. The van der Waals surface area contributed by atoms with E-state index in [9.17, 15) is 0 Å². The van der Waals surface area contributed by atoms with Crippen molar-refractivity contribution in [3.05, 3.63) is 60.2 Å². The molecule has 3 rings (SSSR count). The Morgan fingerprint density at radius 2 is 1.71 bits per heavy atom. The third-order valence-corrected chi connectivity index (χ3v) is 3.06. The molecular formula is C15H15NO. The van der Waals surface area contributed by atoms with Crippen molar-refractivity contribution in [3.8, 4) is 11.5 Å². The Kier molecular flexibility index (Phi) is 2.80. The third-order valence-electron chi connectivity index (χ3n) is 3.06. The number of benzene rings is 2. The monoisotopic (exact) mass is 225 g/mol. The van der Waals surface area contributed by atoms with E-state index in [0.29, 0.717) is 6.04 Å². The first-order valence-electron chi connectivity index (χ1n) is 5.98. The molecule has 0 amide bonds. The van der Waals surface area contributed by atoms with Gasteiger partial charge in [0.15, 0.2) is 0 Å². The van der Waals surface area contributed by atoms with Crippen LogP contribution in [0, 0.1) is 0 Å². The summed E-state index contributed by atoms with van der Waals surface area (Å²) in [5, 5.41) is 3.40. The highest BCUT2D eigenvalue weighted by molar-refractivity contribution is 5.35. The fourth-order valence-corrected chi connectivity index (χ4v) is 1.99. The SMILES string of the molecule is c1ccc(Oc2cccc([C@@H]3CCN3)c2)cc1. The molecule has 17 heavy (non-hydrogen) atoms. The fraction of sp³-hybridized carbons (Fsp3) is 0.200. The van der Waals surface area contributed by atoms with Crippen LogP contribution in [0.1, 0.15) is 18.0 Å². The molecular weight excluding hydrogens is 210 g/mol. The Morgan fingerprint density at radius 3 is 2.41 bits per heavy atom. The average molecular weight is 225 g/mol. The van der Waals surface area contributed by atoms with E-state index in [0.717, 1.165) is 18.0 Å². The largest absolute Gasteiger partial charge is 0.457 e. The Morgan fingerprint density at radius 1 is 0.941 bits per heavy atom. The van der Waals surface area contributed by atoms with E-state index in [2.05, 4.69) is 17.4 Å². The van der Waals surface area contributed by atoms with E-state index < -0.39 is 0 Å². The lowest BCUT2D eigenvalue weighted by molar-refractivity contribution is 0.381. The van der Waals surface area contributed by atoms with Gasteiger partial charge in [-0.05, 0) is 42.8 Å². The first kappa shape index (κ1) is 10.4. The lowest BCUT2D eigenvalue weighted by Gasteiger charge is -2.28. The molecule has 1 heterocycles. The van der Waals surface area contributed by atoms with Crippen LogP contribution in [-0.4, -0.2) is 6.54 Å². The minimum atomic E-state index is 0.509. The van der Waals surface area contributed by atoms with Crippen molar-refractivity contribution in [2.45, 2.75) is 12.5 Å². The van der Waals surface area contributed by atoms with Crippen LogP contribution in [0.2, 0.25) is 0 Å². The van der Waals surface area contributed by atoms with Gasteiger partial charge in [-0.2, -0.15) is 0 Å². The number of para-hydroxylation sites is 1. The van der Waals surface area contributed by atoms with Crippen molar-refractivity contribution >= 4 is 0 Å². The van der Waals surface area contributed by atoms with Gasteiger partial charge in [0.2, 0.25) is 0 Å². The zero-order chi connectivity index (χ0) is 11.5. The number of nitrogens with one attached hydrogen (secondary N) is 1. The molecule has 1 fully saturated rings. The molecule has 0 spiro atoms. The molecule has 1 atom stereocenters. The predicted molar refractivity (Wildman–Crippen MR) is 68.3 cm³/mol. The summed E-state index contributed by atoms with van der Waals surface area (Å²) >= 11 is 0. The van der Waals surface area contributed by atoms with Crippen molar-refractivity contribution < 1.29 is 4.74 Å². The lowest BCUT2D eigenvalue weighted by Crippen LogP contribution is -2.34. The Hall–Kier alpha value is -1.80. The summed E-state index contributed by atoms with van der Waals surface area (Å²) in [6.07, 6.45) is 1.22. The summed E-state index contributed by atoms with van der Waals surface area (Å²) < 4.78 is 5.81. The first-order chi connectivity index (χ1) is 8.42. The van der Waals surface area contributed by atoms with E-state index in [1.807, 2.05) is 42.5 Å². The standard InChI is InChI=1S/C15H15NO/c1-2-6-13(7-3-1)17-14-8-4-5-12(11-14)15-9-10-16-15/h1-8,11,15-16H,9-10H2/t15-/m0/s1.